The van der Waals surface area contributed by atoms with Crippen molar-refractivity contribution < 1.29 is 14.3 Å². The molecule has 0 heterocycles. The molecule has 178 valence electrons. The summed E-state index contributed by atoms with van der Waals surface area (Å²) in [5, 5.41) is 5.29. The molecule has 1 N–H and O–H groups in total. The van der Waals surface area contributed by atoms with Crippen molar-refractivity contribution >= 4 is 34.2 Å². The van der Waals surface area contributed by atoms with E-state index in [0.717, 1.165) is 21.9 Å². The molecule has 0 aliphatic rings. The van der Waals surface area contributed by atoms with Gasteiger partial charge in [-0.3, -0.25) is 9.59 Å². The van der Waals surface area contributed by atoms with Crippen molar-refractivity contribution in [2.75, 3.05) is 13.7 Å². The average Bonchev–Trinajstić information content (AvgIpc) is 2.90. The van der Waals surface area contributed by atoms with Crippen LogP contribution in [0.4, 0.5) is 0 Å². The molecule has 0 unspecified atom stereocenters. The Bertz CT molecular complexity index is 1290. The summed E-state index contributed by atoms with van der Waals surface area (Å²) >= 11 is 6.05. The van der Waals surface area contributed by atoms with Crippen LogP contribution in [0.1, 0.15) is 11.1 Å². The molecule has 2 amide bonds. The molecule has 0 spiro atoms. The summed E-state index contributed by atoms with van der Waals surface area (Å²) < 4.78 is 5.99. The Morgan fingerprint density at radius 2 is 1.54 bits per heavy atom. The first kappa shape index (κ1) is 24.3. The topological polar surface area (TPSA) is 58.6 Å². The van der Waals surface area contributed by atoms with Crippen LogP contribution in [-0.2, 0) is 22.6 Å². The van der Waals surface area contributed by atoms with Crippen molar-refractivity contribution in [3.05, 3.63) is 113 Å². The molecule has 0 bridgehead atoms. The molecule has 0 aliphatic heterocycles. The van der Waals surface area contributed by atoms with Crippen molar-refractivity contribution in [2.45, 2.75) is 19.0 Å². The first-order valence-electron chi connectivity index (χ1n) is 11.4. The van der Waals surface area contributed by atoms with Crippen LogP contribution < -0.4 is 10.1 Å². The Morgan fingerprint density at radius 1 is 0.857 bits per heavy atom. The number of hydrogen-bond donors (Lipinski definition) is 1. The van der Waals surface area contributed by atoms with Gasteiger partial charge in [-0.2, -0.15) is 0 Å². The third-order valence-corrected chi connectivity index (χ3v) is 6.14. The minimum absolute atomic E-state index is 0.191. The number of carbonyl (C=O) groups is 2. The van der Waals surface area contributed by atoms with Gasteiger partial charge in [-0.05, 0) is 34.7 Å². The normalized spacial score (nSPS) is 11.6. The molecular weight excluding hydrogens is 460 g/mol. The van der Waals surface area contributed by atoms with Crippen LogP contribution in [0, 0.1) is 0 Å². The predicted molar refractivity (Wildman–Crippen MR) is 139 cm³/mol. The predicted octanol–water partition coefficient (Wildman–Crippen LogP) is 5.26. The molecule has 4 aromatic carbocycles. The smallest absolute Gasteiger partial charge is 0.261 e. The van der Waals surface area contributed by atoms with E-state index in [2.05, 4.69) is 5.32 Å². The lowest BCUT2D eigenvalue weighted by molar-refractivity contribution is -0.142. The largest absolute Gasteiger partial charge is 0.483 e. The summed E-state index contributed by atoms with van der Waals surface area (Å²) in [5.41, 5.74) is 1.83. The number of amides is 2. The summed E-state index contributed by atoms with van der Waals surface area (Å²) in [6.07, 6.45) is 0.383. The highest BCUT2D eigenvalue weighted by Gasteiger charge is 2.30. The third-order valence-electron chi connectivity index (χ3n) is 5.88. The number of benzene rings is 4. The lowest BCUT2D eigenvalue weighted by Crippen LogP contribution is -2.51. The molecule has 1 atom stereocenters. The second-order valence-corrected chi connectivity index (χ2v) is 8.67. The molecule has 0 fully saturated rings. The van der Waals surface area contributed by atoms with Gasteiger partial charge in [0.2, 0.25) is 5.91 Å². The first-order chi connectivity index (χ1) is 17.0. The fraction of sp³-hybridized carbons (Fsp3) is 0.172. The zero-order chi connectivity index (χ0) is 24.6. The van der Waals surface area contributed by atoms with Crippen LogP contribution in [-0.4, -0.2) is 36.4 Å². The summed E-state index contributed by atoms with van der Waals surface area (Å²) in [6, 6.07) is 29.8. The number of hydrogen-bond acceptors (Lipinski definition) is 3. The van der Waals surface area contributed by atoms with Gasteiger partial charge < -0.3 is 15.0 Å². The van der Waals surface area contributed by atoms with E-state index < -0.39 is 6.04 Å². The Labute approximate surface area is 210 Å². The zero-order valence-electron chi connectivity index (χ0n) is 19.5. The highest BCUT2D eigenvalue weighted by molar-refractivity contribution is 6.30. The molecule has 6 heteroatoms. The van der Waals surface area contributed by atoms with Gasteiger partial charge in [0.1, 0.15) is 11.8 Å². The lowest BCUT2D eigenvalue weighted by Gasteiger charge is -2.31. The number of carbonyl (C=O) groups excluding carboxylic acids is 2. The summed E-state index contributed by atoms with van der Waals surface area (Å²) in [4.78, 5) is 28.1. The van der Waals surface area contributed by atoms with Crippen LogP contribution in [0.2, 0.25) is 5.02 Å². The molecule has 0 saturated heterocycles. The van der Waals surface area contributed by atoms with E-state index in [-0.39, 0.29) is 25.0 Å². The summed E-state index contributed by atoms with van der Waals surface area (Å²) in [6.45, 7) is 0.0592. The molecular formula is C29H27ClN2O3. The second kappa shape index (κ2) is 11.5. The lowest BCUT2D eigenvalue weighted by atomic mass is 10.0. The number of likely N-dealkylation sites (N-methyl/N-ethyl adjacent to an activating group) is 1. The Balaban J connectivity index is 1.61. The number of rotatable bonds is 9. The third kappa shape index (κ3) is 6.19. The van der Waals surface area contributed by atoms with Gasteiger partial charge in [0.05, 0.1) is 0 Å². The SMILES string of the molecule is CNC(=O)[C@H](Cc1ccccc1)N(Cc1ccc(Cl)cc1)C(=O)COc1cccc2ccccc12. The highest BCUT2D eigenvalue weighted by Crippen LogP contribution is 2.25. The van der Waals surface area contributed by atoms with E-state index in [1.54, 1.807) is 24.1 Å². The number of ether oxygens (including phenoxy) is 1. The van der Waals surface area contributed by atoms with E-state index in [4.69, 9.17) is 16.3 Å². The quantitative estimate of drug-likeness (QED) is 0.351. The van der Waals surface area contributed by atoms with Crippen LogP contribution in [0.25, 0.3) is 10.8 Å². The molecule has 4 aromatic rings. The average molecular weight is 487 g/mol. The molecule has 0 aliphatic carbocycles. The van der Waals surface area contributed by atoms with Crippen LogP contribution >= 0.6 is 11.6 Å². The van der Waals surface area contributed by atoms with Crippen molar-refractivity contribution in [1.82, 2.24) is 10.2 Å². The van der Waals surface area contributed by atoms with E-state index in [1.807, 2.05) is 84.9 Å². The maximum atomic E-state index is 13.6. The van der Waals surface area contributed by atoms with Crippen LogP contribution in [0.3, 0.4) is 0 Å². The molecule has 0 radical (unpaired) electrons. The molecule has 0 saturated carbocycles. The minimum Gasteiger partial charge on any atom is -0.483 e. The Hall–Kier alpha value is -3.83. The molecule has 0 aromatic heterocycles. The van der Waals surface area contributed by atoms with Crippen molar-refractivity contribution in [1.29, 1.82) is 0 Å². The second-order valence-electron chi connectivity index (χ2n) is 8.23. The van der Waals surface area contributed by atoms with Gasteiger partial charge in [0.15, 0.2) is 6.61 Å². The maximum absolute atomic E-state index is 13.6. The highest BCUT2D eigenvalue weighted by atomic mass is 35.5. The summed E-state index contributed by atoms with van der Waals surface area (Å²) in [7, 11) is 1.58. The van der Waals surface area contributed by atoms with Gasteiger partial charge in [0, 0.05) is 30.4 Å². The van der Waals surface area contributed by atoms with Gasteiger partial charge in [-0.25, -0.2) is 0 Å². The standard InChI is InChI=1S/C29H27ClN2O3/c1-31-29(34)26(18-21-8-3-2-4-9-21)32(19-22-14-16-24(30)17-15-22)28(33)20-35-27-13-7-11-23-10-5-6-12-25(23)27/h2-17,26H,18-20H2,1H3,(H,31,34)/t26-/m0/s1. The monoisotopic (exact) mass is 486 g/mol. The van der Waals surface area contributed by atoms with Gasteiger partial charge in [-0.1, -0.05) is 90.5 Å². The van der Waals surface area contributed by atoms with E-state index >= 15 is 0 Å². The van der Waals surface area contributed by atoms with Crippen LogP contribution in [0.5, 0.6) is 5.75 Å². The fourth-order valence-electron chi connectivity index (χ4n) is 4.05. The number of nitrogens with one attached hydrogen (secondary N) is 1. The molecule has 4 rings (SSSR count). The van der Waals surface area contributed by atoms with Crippen molar-refractivity contribution in [2.24, 2.45) is 0 Å². The van der Waals surface area contributed by atoms with E-state index in [1.165, 1.54) is 0 Å². The first-order valence-corrected chi connectivity index (χ1v) is 11.8. The minimum atomic E-state index is -0.707. The Kier molecular flexibility index (Phi) is 8.01. The van der Waals surface area contributed by atoms with Crippen LogP contribution in [0.15, 0.2) is 97.1 Å². The van der Waals surface area contributed by atoms with Gasteiger partial charge >= 0.3 is 0 Å². The van der Waals surface area contributed by atoms with Gasteiger partial charge in [-0.15, -0.1) is 0 Å². The summed E-state index contributed by atoms with van der Waals surface area (Å²) in [5.74, 6) is 0.112. The molecule has 5 nitrogen and oxygen atoms in total. The number of nitrogens with zero attached hydrogens (tertiary/aromatic N) is 1. The van der Waals surface area contributed by atoms with Crippen molar-refractivity contribution in [3.8, 4) is 5.75 Å². The zero-order valence-corrected chi connectivity index (χ0v) is 20.2. The van der Waals surface area contributed by atoms with E-state index in [0.29, 0.717) is 17.2 Å². The van der Waals surface area contributed by atoms with Gasteiger partial charge in [0.25, 0.3) is 5.91 Å². The van der Waals surface area contributed by atoms with Crippen molar-refractivity contribution in [3.63, 3.8) is 0 Å². The number of halogens is 1. The maximum Gasteiger partial charge on any atom is 0.261 e. The fourth-order valence-corrected chi connectivity index (χ4v) is 4.18. The molecule has 35 heavy (non-hydrogen) atoms. The Morgan fingerprint density at radius 3 is 2.29 bits per heavy atom. The number of fused-ring (bicyclic) bond motifs is 1. The van der Waals surface area contributed by atoms with E-state index in [9.17, 15) is 9.59 Å².